The molecule has 1 aromatic carbocycles. The summed E-state index contributed by atoms with van der Waals surface area (Å²) in [4.78, 5) is 8.02. The first-order valence-corrected chi connectivity index (χ1v) is 5.69. The van der Waals surface area contributed by atoms with Crippen LogP contribution in [0.4, 0.5) is 21.8 Å². The topological polar surface area (TPSA) is 73.6 Å². The Morgan fingerprint density at radius 2 is 2.21 bits per heavy atom. The summed E-state index contributed by atoms with van der Waals surface area (Å²) in [6.45, 7) is 0. The van der Waals surface area contributed by atoms with E-state index in [0.717, 1.165) is 0 Å². The molecule has 0 saturated heterocycles. The molecule has 0 saturated carbocycles. The van der Waals surface area contributed by atoms with Crippen LogP contribution in [0.25, 0.3) is 0 Å². The van der Waals surface area contributed by atoms with Crippen molar-refractivity contribution in [2.75, 3.05) is 17.7 Å². The molecule has 0 radical (unpaired) electrons. The molecule has 7 heteroatoms. The van der Waals surface area contributed by atoms with E-state index in [2.05, 4.69) is 20.6 Å². The first kappa shape index (κ1) is 13.1. The molecular formula is C12H9ClFN5. The van der Waals surface area contributed by atoms with Gasteiger partial charge in [0.1, 0.15) is 22.5 Å². The highest BCUT2D eigenvalue weighted by Crippen LogP contribution is 2.26. The summed E-state index contributed by atoms with van der Waals surface area (Å²) >= 11 is 5.95. The summed E-state index contributed by atoms with van der Waals surface area (Å²) in [5.74, 6) is 0.0523. The maximum absolute atomic E-state index is 13.5. The number of nitriles is 1. The lowest BCUT2D eigenvalue weighted by Gasteiger charge is -2.10. The van der Waals surface area contributed by atoms with Gasteiger partial charge in [0, 0.05) is 7.05 Å². The molecule has 2 aromatic rings. The first-order valence-electron chi connectivity index (χ1n) is 5.31. The minimum absolute atomic E-state index is 0.0943. The second-order valence-electron chi connectivity index (χ2n) is 3.54. The van der Waals surface area contributed by atoms with Gasteiger partial charge in [-0.05, 0) is 12.1 Å². The van der Waals surface area contributed by atoms with Crippen LogP contribution in [0.5, 0.6) is 0 Å². The molecular weight excluding hydrogens is 269 g/mol. The Bertz CT molecular complexity index is 653. The zero-order chi connectivity index (χ0) is 13.8. The lowest BCUT2D eigenvalue weighted by molar-refractivity contribution is 0.624. The van der Waals surface area contributed by atoms with Crippen LogP contribution in [0.3, 0.4) is 0 Å². The zero-order valence-electron chi connectivity index (χ0n) is 9.91. The number of hydrogen-bond donors (Lipinski definition) is 2. The van der Waals surface area contributed by atoms with Crippen LogP contribution in [0.2, 0.25) is 5.02 Å². The minimum Gasteiger partial charge on any atom is -0.357 e. The largest absolute Gasteiger partial charge is 0.357 e. The standard InChI is InChI=1S/C12H9ClFN5/c1-16-12-17-6-8(13)11(19-12)18-10-4-2-3-9(14)7(10)5-15/h2-4,6H,1H3,(H2,16,17,18,19). The highest BCUT2D eigenvalue weighted by molar-refractivity contribution is 6.32. The predicted molar refractivity (Wildman–Crippen MR) is 71.0 cm³/mol. The van der Waals surface area contributed by atoms with E-state index in [1.807, 2.05) is 0 Å². The Hall–Kier alpha value is -2.39. The fraction of sp³-hybridized carbons (Fsp3) is 0.0833. The molecule has 0 fully saturated rings. The molecule has 0 aliphatic heterocycles. The molecule has 0 amide bonds. The van der Waals surface area contributed by atoms with Gasteiger partial charge in [0.05, 0.1) is 11.9 Å². The number of hydrogen-bond acceptors (Lipinski definition) is 5. The van der Waals surface area contributed by atoms with Gasteiger partial charge >= 0.3 is 0 Å². The van der Waals surface area contributed by atoms with E-state index < -0.39 is 5.82 Å². The number of rotatable bonds is 3. The molecule has 2 rings (SSSR count). The second kappa shape index (κ2) is 5.50. The molecule has 96 valence electrons. The van der Waals surface area contributed by atoms with Crippen molar-refractivity contribution in [1.29, 1.82) is 5.26 Å². The van der Waals surface area contributed by atoms with Crippen LogP contribution < -0.4 is 10.6 Å². The quantitative estimate of drug-likeness (QED) is 0.902. The van der Waals surface area contributed by atoms with Gasteiger partial charge in [0.25, 0.3) is 0 Å². The molecule has 5 nitrogen and oxygen atoms in total. The lowest BCUT2D eigenvalue weighted by Crippen LogP contribution is -2.02. The van der Waals surface area contributed by atoms with Crippen LogP contribution in [0.15, 0.2) is 24.4 Å². The second-order valence-corrected chi connectivity index (χ2v) is 3.95. The smallest absolute Gasteiger partial charge is 0.224 e. The Morgan fingerprint density at radius 1 is 1.42 bits per heavy atom. The number of nitrogens with one attached hydrogen (secondary N) is 2. The maximum atomic E-state index is 13.5. The SMILES string of the molecule is CNc1ncc(Cl)c(Nc2cccc(F)c2C#N)n1. The molecule has 0 aliphatic carbocycles. The fourth-order valence-electron chi connectivity index (χ4n) is 1.44. The van der Waals surface area contributed by atoms with E-state index >= 15 is 0 Å². The third-order valence-electron chi connectivity index (χ3n) is 2.35. The number of benzene rings is 1. The monoisotopic (exact) mass is 277 g/mol. The third kappa shape index (κ3) is 2.72. The van der Waals surface area contributed by atoms with Crippen molar-refractivity contribution in [2.45, 2.75) is 0 Å². The van der Waals surface area contributed by atoms with Crippen LogP contribution in [-0.4, -0.2) is 17.0 Å². The van der Waals surface area contributed by atoms with Crippen molar-refractivity contribution in [3.05, 3.63) is 40.8 Å². The molecule has 0 atom stereocenters. The van der Waals surface area contributed by atoms with Crippen LogP contribution in [0, 0.1) is 17.1 Å². The average Bonchev–Trinajstić information content (AvgIpc) is 2.41. The molecule has 0 unspecified atom stereocenters. The lowest BCUT2D eigenvalue weighted by atomic mass is 10.2. The Balaban J connectivity index is 2.42. The van der Waals surface area contributed by atoms with Crippen molar-refractivity contribution < 1.29 is 4.39 Å². The Kier molecular flexibility index (Phi) is 3.78. The van der Waals surface area contributed by atoms with E-state index in [0.29, 0.717) is 17.5 Å². The molecule has 0 aliphatic rings. The normalized spacial score (nSPS) is 9.79. The van der Waals surface area contributed by atoms with Crippen LogP contribution in [0.1, 0.15) is 5.56 Å². The van der Waals surface area contributed by atoms with E-state index in [9.17, 15) is 4.39 Å². The third-order valence-corrected chi connectivity index (χ3v) is 2.62. The van der Waals surface area contributed by atoms with Crippen LogP contribution >= 0.6 is 11.6 Å². The van der Waals surface area contributed by atoms with E-state index in [4.69, 9.17) is 16.9 Å². The van der Waals surface area contributed by atoms with Gasteiger partial charge in [0.2, 0.25) is 5.95 Å². The van der Waals surface area contributed by atoms with Crippen molar-refractivity contribution >= 4 is 29.1 Å². The number of anilines is 3. The van der Waals surface area contributed by atoms with Crippen molar-refractivity contribution in [1.82, 2.24) is 9.97 Å². The zero-order valence-corrected chi connectivity index (χ0v) is 10.7. The summed E-state index contributed by atoms with van der Waals surface area (Å²) < 4.78 is 13.5. The number of halogens is 2. The van der Waals surface area contributed by atoms with Gasteiger partial charge < -0.3 is 10.6 Å². The Morgan fingerprint density at radius 3 is 2.89 bits per heavy atom. The van der Waals surface area contributed by atoms with Gasteiger partial charge in [0.15, 0.2) is 5.82 Å². The molecule has 0 bridgehead atoms. The molecule has 1 aromatic heterocycles. The molecule has 0 spiro atoms. The number of nitrogens with zero attached hydrogens (tertiary/aromatic N) is 3. The molecule has 2 N–H and O–H groups in total. The average molecular weight is 278 g/mol. The van der Waals surface area contributed by atoms with Crippen molar-refractivity contribution in [3.63, 3.8) is 0 Å². The van der Waals surface area contributed by atoms with Gasteiger partial charge in [-0.15, -0.1) is 0 Å². The summed E-state index contributed by atoms with van der Waals surface area (Å²) in [6, 6.07) is 6.07. The van der Waals surface area contributed by atoms with Gasteiger partial charge in [-0.25, -0.2) is 9.37 Å². The minimum atomic E-state index is -0.605. The van der Waals surface area contributed by atoms with Crippen molar-refractivity contribution in [3.8, 4) is 6.07 Å². The fourth-order valence-corrected chi connectivity index (χ4v) is 1.58. The van der Waals surface area contributed by atoms with E-state index in [1.54, 1.807) is 19.2 Å². The summed E-state index contributed by atoms with van der Waals surface area (Å²) in [6.07, 6.45) is 1.41. The van der Waals surface area contributed by atoms with E-state index in [1.165, 1.54) is 18.3 Å². The highest BCUT2D eigenvalue weighted by Gasteiger charge is 2.11. The predicted octanol–water partition coefficient (Wildman–Crippen LogP) is 2.93. The first-order chi connectivity index (χ1) is 9.15. The van der Waals surface area contributed by atoms with Crippen molar-refractivity contribution in [2.24, 2.45) is 0 Å². The summed E-state index contributed by atoms with van der Waals surface area (Å²) in [5.41, 5.74) is 0.202. The molecule has 1 heterocycles. The maximum Gasteiger partial charge on any atom is 0.224 e. The van der Waals surface area contributed by atoms with E-state index in [-0.39, 0.29) is 10.6 Å². The Labute approximate surface area is 114 Å². The van der Waals surface area contributed by atoms with Gasteiger partial charge in [-0.3, -0.25) is 0 Å². The summed E-state index contributed by atoms with van der Waals surface area (Å²) in [7, 11) is 1.66. The van der Waals surface area contributed by atoms with Crippen LogP contribution in [-0.2, 0) is 0 Å². The molecule has 19 heavy (non-hydrogen) atoms. The highest BCUT2D eigenvalue weighted by atomic mass is 35.5. The van der Waals surface area contributed by atoms with Gasteiger partial charge in [-0.2, -0.15) is 10.2 Å². The summed E-state index contributed by atoms with van der Waals surface area (Å²) in [5, 5.41) is 14.8. The van der Waals surface area contributed by atoms with Gasteiger partial charge in [-0.1, -0.05) is 17.7 Å². The number of aromatic nitrogens is 2.